The molecule has 1 aromatic carbocycles. The Morgan fingerprint density at radius 1 is 1.18 bits per heavy atom. The second kappa shape index (κ2) is 8.83. The summed E-state index contributed by atoms with van der Waals surface area (Å²) in [6, 6.07) is 10.2. The average molecular weight is 391 g/mol. The molecule has 1 saturated heterocycles. The van der Waals surface area contributed by atoms with E-state index in [-0.39, 0.29) is 29.3 Å². The van der Waals surface area contributed by atoms with E-state index in [1.165, 1.54) is 0 Å². The van der Waals surface area contributed by atoms with E-state index < -0.39 is 6.09 Å². The molecular weight excluding hydrogens is 352 g/mol. The van der Waals surface area contributed by atoms with Gasteiger partial charge in [-0.25, -0.2) is 4.79 Å². The lowest BCUT2D eigenvalue weighted by Gasteiger charge is -2.58. The van der Waals surface area contributed by atoms with Gasteiger partial charge in [-0.15, -0.1) is 0 Å². The Labute approximate surface area is 170 Å². The molecule has 0 aromatic heterocycles. The summed E-state index contributed by atoms with van der Waals surface area (Å²) in [6.07, 6.45) is 2.47. The number of carbonyl (C=O) groups is 1. The van der Waals surface area contributed by atoms with Crippen molar-refractivity contribution in [2.45, 2.75) is 103 Å². The molecule has 1 N–H and O–H groups in total. The van der Waals surface area contributed by atoms with Gasteiger partial charge in [0.2, 0.25) is 0 Å². The third-order valence-corrected chi connectivity index (χ3v) is 6.35. The Morgan fingerprint density at radius 2 is 1.75 bits per heavy atom. The number of hydrogen-bond acceptors (Lipinski definition) is 3. The van der Waals surface area contributed by atoms with Gasteiger partial charge in [0, 0.05) is 23.2 Å². The maximum Gasteiger partial charge on any atom is 0.407 e. The number of hydrogen-bond donors (Lipinski definition) is 1. The minimum Gasteiger partial charge on any atom is -0.465 e. The predicted octanol–water partition coefficient (Wildman–Crippen LogP) is 5.87. The molecule has 1 aromatic rings. The van der Waals surface area contributed by atoms with Crippen LogP contribution in [0.4, 0.5) is 4.79 Å². The Balaban J connectivity index is 2.36. The molecule has 1 aliphatic heterocycles. The molecule has 2 rings (SSSR count). The van der Waals surface area contributed by atoms with Gasteiger partial charge in [-0.3, -0.25) is 4.84 Å². The highest BCUT2D eigenvalue weighted by Crippen LogP contribution is 2.46. The molecule has 1 heterocycles. The molecule has 158 valence electrons. The summed E-state index contributed by atoms with van der Waals surface area (Å²) in [6.45, 7) is 14.7. The summed E-state index contributed by atoms with van der Waals surface area (Å²) in [5, 5.41) is 12.0. The summed E-state index contributed by atoms with van der Waals surface area (Å²) in [5.74, 6) is 0. The smallest absolute Gasteiger partial charge is 0.407 e. The SMILES string of the molecule is CCC1(CC)CC(N(C(=O)O)C(C)C)CC(C)(C)N1OC(C)c1ccccc1. The van der Waals surface area contributed by atoms with Crippen molar-refractivity contribution < 1.29 is 14.7 Å². The molecule has 2 unspecified atom stereocenters. The first-order chi connectivity index (χ1) is 13.1. The minimum absolute atomic E-state index is 0.0146. The Bertz CT molecular complexity index is 641. The van der Waals surface area contributed by atoms with Crippen molar-refractivity contribution in [3.8, 4) is 0 Å². The van der Waals surface area contributed by atoms with Gasteiger partial charge in [0.1, 0.15) is 6.10 Å². The lowest BCUT2D eigenvalue weighted by molar-refractivity contribution is -0.319. The van der Waals surface area contributed by atoms with Crippen LogP contribution in [0.25, 0.3) is 0 Å². The zero-order valence-corrected chi connectivity index (χ0v) is 18.6. The van der Waals surface area contributed by atoms with Gasteiger partial charge in [-0.05, 0) is 65.9 Å². The molecule has 0 bridgehead atoms. The van der Waals surface area contributed by atoms with Gasteiger partial charge in [0.25, 0.3) is 0 Å². The maximum absolute atomic E-state index is 12.0. The number of rotatable bonds is 7. The fourth-order valence-electron chi connectivity index (χ4n) is 4.91. The largest absolute Gasteiger partial charge is 0.465 e. The standard InChI is InChI=1S/C23H38N2O3/c1-8-23(9-2)16-20(24(17(3)4)21(26)27)15-22(6,7)25(23)28-18(5)19-13-11-10-12-14-19/h10-14,17-18,20H,8-9,15-16H2,1-7H3,(H,26,27). The van der Waals surface area contributed by atoms with Crippen molar-refractivity contribution in [2.24, 2.45) is 0 Å². The van der Waals surface area contributed by atoms with Crippen molar-refractivity contribution in [1.82, 2.24) is 9.96 Å². The fraction of sp³-hybridized carbons (Fsp3) is 0.696. The molecule has 5 heteroatoms. The predicted molar refractivity (Wildman–Crippen MR) is 113 cm³/mol. The quantitative estimate of drug-likeness (QED) is 0.632. The van der Waals surface area contributed by atoms with E-state index >= 15 is 0 Å². The van der Waals surface area contributed by atoms with Gasteiger partial charge < -0.3 is 10.0 Å². The first-order valence-corrected chi connectivity index (χ1v) is 10.6. The summed E-state index contributed by atoms with van der Waals surface area (Å²) >= 11 is 0. The summed E-state index contributed by atoms with van der Waals surface area (Å²) in [5.41, 5.74) is 0.675. The summed E-state index contributed by atoms with van der Waals surface area (Å²) < 4.78 is 0. The average Bonchev–Trinajstić information content (AvgIpc) is 2.63. The van der Waals surface area contributed by atoms with Gasteiger partial charge >= 0.3 is 6.09 Å². The van der Waals surface area contributed by atoms with Crippen LogP contribution in [0.2, 0.25) is 0 Å². The molecule has 1 amide bonds. The van der Waals surface area contributed by atoms with Crippen molar-refractivity contribution >= 4 is 6.09 Å². The highest BCUT2D eigenvalue weighted by atomic mass is 16.7. The first-order valence-electron chi connectivity index (χ1n) is 10.6. The number of carboxylic acid groups (broad SMARTS) is 1. The van der Waals surface area contributed by atoms with Crippen molar-refractivity contribution in [3.63, 3.8) is 0 Å². The maximum atomic E-state index is 12.0. The van der Waals surface area contributed by atoms with E-state index in [1.807, 2.05) is 32.0 Å². The van der Waals surface area contributed by atoms with Gasteiger partial charge in [-0.2, -0.15) is 5.06 Å². The van der Waals surface area contributed by atoms with Crippen LogP contribution in [0, 0.1) is 0 Å². The van der Waals surface area contributed by atoms with Crippen LogP contribution in [0.3, 0.4) is 0 Å². The monoisotopic (exact) mass is 390 g/mol. The zero-order valence-electron chi connectivity index (χ0n) is 18.6. The summed E-state index contributed by atoms with van der Waals surface area (Å²) in [7, 11) is 0. The lowest BCUT2D eigenvalue weighted by atomic mass is 9.73. The lowest BCUT2D eigenvalue weighted by Crippen LogP contribution is -2.66. The number of amides is 1. The molecule has 2 atom stereocenters. The normalized spacial score (nSPS) is 22.8. The number of hydroxylamine groups is 2. The molecule has 0 radical (unpaired) electrons. The first kappa shape index (κ1) is 22.7. The molecule has 28 heavy (non-hydrogen) atoms. The molecular formula is C23H38N2O3. The van der Waals surface area contributed by atoms with E-state index in [0.717, 1.165) is 31.2 Å². The Kier molecular flexibility index (Phi) is 7.16. The molecule has 1 fully saturated rings. The van der Waals surface area contributed by atoms with Crippen LogP contribution in [-0.4, -0.2) is 44.3 Å². The molecule has 5 nitrogen and oxygen atoms in total. The van der Waals surface area contributed by atoms with E-state index in [0.29, 0.717) is 0 Å². The Hall–Kier alpha value is -1.59. The summed E-state index contributed by atoms with van der Waals surface area (Å²) in [4.78, 5) is 20.2. The zero-order chi connectivity index (χ0) is 21.1. The molecule has 0 spiro atoms. The second-order valence-electron chi connectivity index (χ2n) is 9.04. The minimum atomic E-state index is -0.830. The van der Waals surface area contributed by atoms with E-state index in [2.05, 4.69) is 51.8 Å². The molecule has 1 aliphatic rings. The van der Waals surface area contributed by atoms with Gasteiger partial charge in [0.15, 0.2) is 0 Å². The van der Waals surface area contributed by atoms with Crippen LogP contribution in [0.15, 0.2) is 30.3 Å². The van der Waals surface area contributed by atoms with Crippen LogP contribution in [0.5, 0.6) is 0 Å². The van der Waals surface area contributed by atoms with Crippen molar-refractivity contribution in [2.75, 3.05) is 0 Å². The Morgan fingerprint density at radius 3 is 2.21 bits per heavy atom. The molecule has 0 saturated carbocycles. The van der Waals surface area contributed by atoms with Crippen molar-refractivity contribution in [1.29, 1.82) is 0 Å². The second-order valence-corrected chi connectivity index (χ2v) is 9.04. The van der Waals surface area contributed by atoms with Crippen LogP contribution in [-0.2, 0) is 4.84 Å². The number of benzene rings is 1. The third kappa shape index (κ3) is 4.52. The van der Waals surface area contributed by atoms with E-state index in [1.54, 1.807) is 4.90 Å². The van der Waals surface area contributed by atoms with E-state index in [9.17, 15) is 9.90 Å². The fourth-order valence-corrected chi connectivity index (χ4v) is 4.91. The van der Waals surface area contributed by atoms with Crippen LogP contribution in [0.1, 0.15) is 85.8 Å². The van der Waals surface area contributed by atoms with Crippen LogP contribution >= 0.6 is 0 Å². The highest BCUT2D eigenvalue weighted by Gasteiger charge is 2.52. The van der Waals surface area contributed by atoms with E-state index in [4.69, 9.17) is 4.84 Å². The molecule has 0 aliphatic carbocycles. The number of nitrogens with zero attached hydrogens (tertiary/aromatic N) is 2. The van der Waals surface area contributed by atoms with Gasteiger partial charge in [-0.1, -0.05) is 44.2 Å². The topological polar surface area (TPSA) is 53.0 Å². The number of piperidine rings is 1. The van der Waals surface area contributed by atoms with Crippen LogP contribution < -0.4 is 0 Å². The third-order valence-electron chi connectivity index (χ3n) is 6.35. The van der Waals surface area contributed by atoms with Gasteiger partial charge in [0.05, 0.1) is 0 Å². The van der Waals surface area contributed by atoms with Crippen molar-refractivity contribution in [3.05, 3.63) is 35.9 Å². The highest BCUT2D eigenvalue weighted by molar-refractivity contribution is 5.66.